The Bertz CT molecular complexity index is 776. The summed E-state index contributed by atoms with van der Waals surface area (Å²) in [6.07, 6.45) is 1.63. The molecular formula is C17H18N2O6S. The highest BCUT2D eigenvalue weighted by Gasteiger charge is 2.15. The van der Waals surface area contributed by atoms with Gasteiger partial charge in [-0.1, -0.05) is 6.07 Å². The van der Waals surface area contributed by atoms with E-state index in [9.17, 15) is 19.7 Å². The van der Waals surface area contributed by atoms with Gasteiger partial charge in [-0.05, 0) is 30.4 Å². The summed E-state index contributed by atoms with van der Waals surface area (Å²) in [5, 5.41) is 15.2. The number of hydrogen-bond acceptors (Lipinski definition) is 7. The number of carbonyl (C=O) groups excluding carboxylic acids is 2. The van der Waals surface area contributed by atoms with Gasteiger partial charge < -0.3 is 14.8 Å². The van der Waals surface area contributed by atoms with Gasteiger partial charge in [-0.2, -0.15) is 0 Å². The van der Waals surface area contributed by atoms with Crippen molar-refractivity contribution in [2.24, 2.45) is 0 Å². The molecule has 1 N–H and O–H groups in total. The molecule has 0 radical (unpaired) electrons. The van der Waals surface area contributed by atoms with E-state index in [-0.39, 0.29) is 23.5 Å². The van der Waals surface area contributed by atoms with Crippen molar-refractivity contribution in [3.05, 3.63) is 50.7 Å². The summed E-state index contributed by atoms with van der Waals surface area (Å²) in [7, 11) is 1.38. The molecule has 0 saturated heterocycles. The first-order valence-corrected chi connectivity index (χ1v) is 8.68. The van der Waals surface area contributed by atoms with Crippen LogP contribution in [0.4, 0.5) is 11.4 Å². The maximum Gasteiger partial charge on any atom is 0.306 e. The Hall–Kier alpha value is -2.94. The van der Waals surface area contributed by atoms with Gasteiger partial charge in [-0.15, -0.1) is 11.3 Å². The van der Waals surface area contributed by atoms with E-state index >= 15 is 0 Å². The molecule has 9 heteroatoms. The molecule has 0 aliphatic carbocycles. The number of amides is 1. The van der Waals surface area contributed by atoms with Crippen molar-refractivity contribution in [2.45, 2.75) is 19.3 Å². The number of thiophene rings is 1. The fraction of sp³-hybridized carbons (Fsp3) is 0.294. The molecule has 1 amide bonds. The number of anilines is 1. The van der Waals surface area contributed by atoms with Crippen LogP contribution in [-0.2, 0) is 20.7 Å². The minimum atomic E-state index is -0.601. The molecule has 0 unspecified atom stereocenters. The monoisotopic (exact) mass is 378 g/mol. The second kappa shape index (κ2) is 9.52. The van der Waals surface area contributed by atoms with Gasteiger partial charge in [0.1, 0.15) is 5.75 Å². The van der Waals surface area contributed by atoms with E-state index < -0.39 is 23.4 Å². The molecule has 26 heavy (non-hydrogen) atoms. The van der Waals surface area contributed by atoms with Gasteiger partial charge in [0.05, 0.1) is 17.7 Å². The maximum atomic E-state index is 11.9. The van der Waals surface area contributed by atoms with Crippen LogP contribution in [0.15, 0.2) is 35.7 Å². The lowest BCUT2D eigenvalue weighted by Crippen LogP contribution is -2.21. The first kappa shape index (κ1) is 19.4. The minimum Gasteiger partial charge on any atom is -0.495 e. The molecule has 2 aromatic rings. The highest BCUT2D eigenvalue weighted by Crippen LogP contribution is 2.28. The van der Waals surface area contributed by atoms with Gasteiger partial charge in [0.15, 0.2) is 6.61 Å². The fourth-order valence-electron chi connectivity index (χ4n) is 2.17. The SMILES string of the molecule is COc1ccc([N+](=O)[O-])cc1NC(=O)COC(=O)CCCc1cccs1. The molecule has 0 spiro atoms. The Labute approximate surface area is 153 Å². The normalized spacial score (nSPS) is 10.2. The van der Waals surface area contributed by atoms with Crippen molar-refractivity contribution in [3.63, 3.8) is 0 Å². The number of rotatable bonds is 9. The molecule has 0 bridgehead atoms. The van der Waals surface area contributed by atoms with Crippen LogP contribution < -0.4 is 10.1 Å². The summed E-state index contributed by atoms with van der Waals surface area (Å²) >= 11 is 1.62. The average molecular weight is 378 g/mol. The lowest BCUT2D eigenvalue weighted by molar-refractivity contribution is -0.384. The second-order valence-corrected chi connectivity index (χ2v) is 6.32. The zero-order valence-corrected chi connectivity index (χ0v) is 14.9. The first-order chi connectivity index (χ1) is 12.5. The van der Waals surface area contributed by atoms with Crippen LogP contribution in [-0.4, -0.2) is 30.5 Å². The lowest BCUT2D eigenvalue weighted by atomic mass is 10.2. The Balaban J connectivity index is 1.80. The first-order valence-electron chi connectivity index (χ1n) is 7.80. The van der Waals surface area contributed by atoms with Crippen LogP contribution in [0.1, 0.15) is 17.7 Å². The standard InChI is InChI=1S/C17H18N2O6S/c1-24-15-8-7-12(19(22)23)10-14(15)18-16(20)11-25-17(21)6-2-4-13-5-3-9-26-13/h3,5,7-10H,2,4,6,11H2,1H3,(H,18,20). The van der Waals surface area contributed by atoms with Crippen LogP contribution in [0.25, 0.3) is 0 Å². The quantitative estimate of drug-likeness (QED) is 0.408. The Kier molecular flexibility index (Phi) is 7.10. The number of carbonyl (C=O) groups is 2. The van der Waals surface area contributed by atoms with Crippen molar-refractivity contribution in [1.82, 2.24) is 0 Å². The number of esters is 1. The summed E-state index contributed by atoms with van der Waals surface area (Å²) in [6, 6.07) is 7.77. The van der Waals surface area contributed by atoms with Crippen molar-refractivity contribution >= 4 is 34.6 Å². The molecule has 0 fully saturated rings. The van der Waals surface area contributed by atoms with Crippen LogP contribution in [0, 0.1) is 10.1 Å². The molecule has 0 aliphatic heterocycles. The van der Waals surface area contributed by atoms with Crippen molar-refractivity contribution in [1.29, 1.82) is 0 Å². The third kappa shape index (κ3) is 5.85. The average Bonchev–Trinajstić information content (AvgIpc) is 3.13. The second-order valence-electron chi connectivity index (χ2n) is 5.28. The van der Waals surface area contributed by atoms with E-state index in [0.717, 1.165) is 6.42 Å². The molecule has 0 aliphatic rings. The van der Waals surface area contributed by atoms with E-state index in [1.54, 1.807) is 11.3 Å². The smallest absolute Gasteiger partial charge is 0.306 e. The van der Waals surface area contributed by atoms with Crippen molar-refractivity contribution in [3.8, 4) is 5.75 Å². The van der Waals surface area contributed by atoms with Crippen LogP contribution >= 0.6 is 11.3 Å². The van der Waals surface area contributed by atoms with E-state index in [1.807, 2.05) is 17.5 Å². The van der Waals surface area contributed by atoms with Crippen LogP contribution in [0.2, 0.25) is 0 Å². The highest BCUT2D eigenvalue weighted by atomic mass is 32.1. The van der Waals surface area contributed by atoms with Gasteiger partial charge in [0.25, 0.3) is 11.6 Å². The number of ether oxygens (including phenoxy) is 2. The van der Waals surface area contributed by atoms with Gasteiger partial charge in [0, 0.05) is 23.4 Å². The van der Waals surface area contributed by atoms with Crippen LogP contribution in [0.5, 0.6) is 5.75 Å². The molecule has 0 saturated carbocycles. The number of aryl methyl sites for hydroxylation is 1. The molecule has 1 aromatic heterocycles. The summed E-state index contributed by atoms with van der Waals surface area (Å²) in [4.78, 5) is 35.0. The number of methoxy groups -OCH3 is 1. The molecule has 1 heterocycles. The fourth-order valence-corrected chi connectivity index (χ4v) is 2.92. The Morgan fingerprint density at radius 1 is 1.31 bits per heavy atom. The van der Waals surface area contributed by atoms with E-state index in [1.165, 1.54) is 30.2 Å². The zero-order valence-electron chi connectivity index (χ0n) is 14.1. The van der Waals surface area contributed by atoms with Crippen molar-refractivity contribution < 1.29 is 24.0 Å². The third-order valence-electron chi connectivity index (χ3n) is 3.42. The summed E-state index contributed by atoms with van der Waals surface area (Å²) in [6.45, 7) is -0.469. The largest absolute Gasteiger partial charge is 0.495 e. The maximum absolute atomic E-state index is 11.9. The summed E-state index contributed by atoms with van der Waals surface area (Å²) in [5.41, 5.74) is -0.0490. The van der Waals surface area contributed by atoms with Gasteiger partial charge in [-0.25, -0.2) is 0 Å². The van der Waals surface area contributed by atoms with E-state index in [2.05, 4.69) is 5.32 Å². The number of hydrogen-bond donors (Lipinski definition) is 1. The number of nitrogens with one attached hydrogen (secondary N) is 1. The van der Waals surface area contributed by atoms with Gasteiger partial charge in [0.2, 0.25) is 0 Å². The number of benzene rings is 1. The minimum absolute atomic E-state index is 0.139. The third-order valence-corrected chi connectivity index (χ3v) is 4.35. The summed E-state index contributed by atoms with van der Waals surface area (Å²) in [5.74, 6) is -0.802. The molecular weight excluding hydrogens is 360 g/mol. The Morgan fingerprint density at radius 2 is 2.12 bits per heavy atom. The summed E-state index contributed by atoms with van der Waals surface area (Å²) < 4.78 is 9.98. The van der Waals surface area contributed by atoms with Crippen molar-refractivity contribution in [2.75, 3.05) is 19.0 Å². The predicted octanol–water partition coefficient (Wildman–Crippen LogP) is 3.17. The molecule has 2 rings (SSSR count). The molecule has 138 valence electrons. The topological polar surface area (TPSA) is 108 Å². The van der Waals surface area contributed by atoms with Crippen LogP contribution in [0.3, 0.4) is 0 Å². The predicted molar refractivity (Wildman–Crippen MR) is 96.5 cm³/mol. The number of nitrogens with zero attached hydrogens (tertiary/aromatic N) is 1. The van der Waals surface area contributed by atoms with Gasteiger partial charge >= 0.3 is 5.97 Å². The molecule has 1 aromatic carbocycles. The van der Waals surface area contributed by atoms with Gasteiger partial charge in [-0.3, -0.25) is 19.7 Å². The van der Waals surface area contributed by atoms with E-state index in [4.69, 9.17) is 9.47 Å². The highest BCUT2D eigenvalue weighted by molar-refractivity contribution is 7.09. The zero-order chi connectivity index (χ0) is 18.9. The number of nitro groups is 1. The number of nitro benzene ring substituents is 1. The number of non-ortho nitro benzene ring substituents is 1. The molecule has 0 atom stereocenters. The Morgan fingerprint density at radius 3 is 2.77 bits per heavy atom. The van der Waals surface area contributed by atoms with E-state index in [0.29, 0.717) is 6.42 Å². The molecule has 8 nitrogen and oxygen atoms in total. The lowest BCUT2D eigenvalue weighted by Gasteiger charge is -2.10.